The highest BCUT2D eigenvalue weighted by atomic mass is 16.4. The molecule has 1 aromatic heterocycles. The van der Waals surface area contributed by atoms with E-state index in [2.05, 4.69) is 4.98 Å². The Morgan fingerprint density at radius 1 is 1.50 bits per heavy atom. The number of aromatic carboxylic acids is 1. The highest BCUT2D eigenvalue weighted by Crippen LogP contribution is 2.35. The fourth-order valence-corrected chi connectivity index (χ4v) is 1.49. The number of nitrogens with one attached hydrogen (secondary N) is 1. The molecule has 1 aliphatic rings. The number of carboxylic acid groups (broad SMARTS) is 1. The topological polar surface area (TPSA) is 53.1 Å². The molecule has 0 aliphatic heterocycles. The number of rotatable bonds is 2. The molecule has 2 rings (SSSR count). The predicted octanol–water partition coefficient (Wildman–Crippen LogP) is 1.98. The molecule has 1 heterocycles. The second-order valence-corrected chi connectivity index (χ2v) is 3.26. The van der Waals surface area contributed by atoms with Gasteiger partial charge in [0.25, 0.3) is 0 Å². The van der Waals surface area contributed by atoms with Crippen LogP contribution in [0.25, 0.3) is 0 Å². The van der Waals surface area contributed by atoms with Crippen molar-refractivity contribution in [3.8, 4) is 0 Å². The van der Waals surface area contributed by atoms with Crippen LogP contribution < -0.4 is 0 Å². The largest absolute Gasteiger partial charge is 0.477 e. The zero-order valence-electron chi connectivity index (χ0n) is 6.71. The van der Waals surface area contributed by atoms with Crippen LogP contribution in [-0.2, 0) is 0 Å². The first-order valence-electron chi connectivity index (χ1n) is 4.19. The Kier molecular flexibility index (Phi) is 1.64. The number of H-pyrrole nitrogens is 1. The first kappa shape index (κ1) is 7.40. The Balaban J connectivity index is 2.17. The molecular formula is C9H11NO2. The summed E-state index contributed by atoms with van der Waals surface area (Å²) in [5.74, 6) is -0.293. The van der Waals surface area contributed by atoms with Crippen LogP contribution in [0.4, 0.5) is 0 Å². The summed E-state index contributed by atoms with van der Waals surface area (Å²) in [5.41, 5.74) is 1.38. The van der Waals surface area contributed by atoms with Crippen molar-refractivity contribution in [1.82, 2.24) is 4.98 Å². The maximum absolute atomic E-state index is 10.5. The molecule has 64 valence electrons. The van der Waals surface area contributed by atoms with Gasteiger partial charge in [-0.15, -0.1) is 0 Å². The molecule has 0 atom stereocenters. The van der Waals surface area contributed by atoms with Gasteiger partial charge in [-0.3, -0.25) is 0 Å². The quantitative estimate of drug-likeness (QED) is 0.704. The number of hydrogen-bond acceptors (Lipinski definition) is 1. The molecule has 1 saturated carbocycles. The van der Waals surface area contributed by atoms with E-state index in [0.29, 0.717) is 11.6 Å². The molecule has 2 N–H and O–H groups in total. The third-order valence-corrected chi connectivity index (χ3v) is 2.48. The van der Waals surface area contributed by atoms with Gasteiger partial charge in [0, 0.05) is 5.69 Å². The third-order valence-electron chi connectivity index (χ3n) is 2.48. The molecule has 0 radical (unpaired) electrons. The Morgan fingerprint density at radius 2 is 2.25 bits per heavy atom. The lowest BCUT2D eigenvalue weighted by atomic mass is 9.83. The van der Waals surface area contributed by atoms with Crippen LogP contribution >= 0.6 is 0 Å². The third kappa shape index (κ3) is 1.11. The van der Waals surface area contributed by atoms with Crippen molar-refractivity contribution in [2.45, 2.75) is 25.2 Å². The second-order valence-electron chi connectivity index (χ2n) is 3.26. The molecular weight excluding hydrogens is 154 g/mol. The average molecular weight is 165 g/mol. The van der Waals surface area contributed by atoms with E-state index in [1.807, 2.05) is 6.07 Å². The van der Waals surface area contributed by atoms with Gasteiger partial charge < -0.3 is 10.1 Å². The molecule has 0 saturated heterocycles. The molecule has 0 unspecified atom stereocenters. The van der Waals surface area contributed by atoms with Crippen LogP contribution in [0.3, 0.4) is 0 Å². The molecule has 0 spiro atoms. The molecule has 12 heavy (non-hydrogen) atoms. The summed E-state index contributed by atoms with van der Waals surface area (Å²) in [6.45, 7) is 0. The minimum atomic E-state index is -0.874. The van der Waals surface area contributed by atoms with Crippen molar-refractivity contribution < 1.29 is 9.90 Å². The highest BCUT2D eigenvalue weighted by Gasteiger charge is 2.21. The standard InChI is InChI=1S/C9H11NO2/c11-9(12)8-5-4-7(10-8)6-2-1-3-6/h4-6,10H,1-3H2,(H,11,12). The summed E-state index contributed by atoms with van der Waals surface area (Å²) in [5, 5.41) is 8.64. The van der Waals surface area contributed by atoms with E-state index in [-0.39, 0.29) is 0 Å². The van der Waals surface area contributed by atoms with Crippen molar-refractivity contribution in [1.29, 1.82) is 0 Å². The second kappa shape index (κ2) is 2.66. The minimum Gasteiger partial charge on any atom is -0.477 e. The lowest BCUT2D eigenvalue weighted by molar-refractivity contribution is 0.0691. The zero-order chi connectivity index (χ0) is 8.55. The van der Waals surface area contributed by atoms with Gasteiger partial charge >= 0.3 is 5.97 Å². The average Bonchev–Trinajstić information content (AvgIpc) is 2.32. The van der Waals surface area contributed by atoms with Gasteiger partial charge in [-0.25, -0.2) is 4.79 Å². The van der Waals surface area contributed by atoms with Crippen LogP contribution in [-0.4, -0.2) is 16.1 Å². The van der Waals surface area contributed by atoms with Crippen LogP contribution in [0.5, 0.6) is 0 Å². The fraction of sp³-hybridized carbons (Fsp3) is 0.444. The monoisotopic (exact) mass is 165 g/mol. The SMILES string of the molecule is O=C(O)c1ccc(C2CCC2)[nH]1. The lowest BCUT2D eigenvalue weighted by Gasteiger charge is -2.23. The number of hydrogen-bond donors (Lipinski definition) is 2. The van der Waals surface area contributed by atoms with Crippen LogP contribution in [0, 0.1) is 0 Å². The normalized spacial score (nSPS) is 17.3. The maximum atomic E-state index is 10.5. The maximum Gasteiger partial charge on any atom is 0.352 e. The van der Waals surface area contributed by atoms with Crippen molar-refractivity contribution in [3.63, 3.8) is 0 Å². The van der Waals surface area contributed by atoms with Crippen LogP contribution in [0.2, 0.25) is 0 Å². The number of aromatic nitrogens is 1. The van der Waals surface area contributed by atoms with E-state index in [0.717, 1.165) is 5.69 Å². The lowest BCUT2D eigenvalue weighted by Crippen LogP contribution is -2.09. The Bertz CT molecular complexity index is 299. The Labute approximate surface area is 70.4 Å². The predicted molar refractivity (Wildman–Crippen MR) is 44.3 cm³/mol. The van der Waals surface area contributed by atoms with Gasteiger partial charge in [-0.05, 0) is 30.9 Å². The summed E-state index contributed by atoms with van der Waals surface area (Å²) in [6.07, 6.45) is 3.66. The van der Waals surface area contributed by atoms with Crippen molar-refractivity contribution in [2.24, 2.45) is 0 Å². The number of carboxylic acids is 1. The van der Waals surface area contributed by atoms with Gasteiger partial charge in [-0.2, -0.15) is 0 Å². The molecule has 0 amide bonds. The minimum absolute atomic E-state index is 0.303. The molecule has 1 fully saturated rings. The van der Waals surface area contributed by atoms with Crippen LogP contribution in [0.1, 0.15) is 41.4 Å². The van der Waals surface area contributed by atoms with Gasteiger partial charge in [0.05, 0.1) is 0 Å². The van der Waals surface area contributed by atoms with Crippen molar-refractivity contribution in [2.75, 3.05) is 0 Å². The smallest absolute Gasteiger partial charge is 0.352 e. The van der Waals surface area contributed by atoms with Crippen molar-refractivity contribution >= 4 is 5.97 Å². The summed E-state index contributed by atoms with van der Waals surface area (Å²) < 4.78 is 0. The van der Waals surface area contributed by atoms with Crippen LogP contribution in [0.15, 0.2) is 12.1 Å². The molecule has 3 nitrogen and oxygen atoms in total. The molecule has 0 aromatic carbocycles. The van der Waals surface area contributed by atoms with E-state index < -0.39 is 5.97 Å². The molecule has 3 heteroatoms. The first-order chi connectivity index (χ1) is 5.77. The number of aromatic amines is 1. The van der Waals surface area contributed by atoms with E-state index in [1.54, 1.807) is 6.07 Å². The molecule has 1 aliphatic carbocycles. The summed E-state index contributed by atoms with van der Waals surface area (Å²) in [7, 11) is 0. The molecule has 1 aromatic rings. The summed E-state index contributed by atoms with van der Waals surface area (Å²) in [4.78, 5) is 13.4. The van der Waals surface area contributed by atoms with Crippen molar-refractivity contribution in [3.05, 3.63) is 23.5 Å². The Morgan fingerprint density at radius 3 is 2.67 bits per heavy atom. The summed E-state index contributed by atoms with van der Waals surface area (Å²) >= 11 is 0. The van der Waals surface area contributed by atoms with Gasteiger partial charge in [0.15, 0.2) is 0 Å². The van der Waals surface area contributed by atoms with E-state index in [4.69, 9.17) is 5.11 Å². The van der Waals surface area contributed by atoms with Gasteiger partial charge in [0.1, 0.15) is 5.69 Å². The van der Waals surface area contributed by atoms with E-state index in [9.17, 15) is 4.79 Å². The molecule has 0 bridgehead atoms. The zero-order valence-corrected chi connectivity index (χ0v) is 6.71. The van der Waals surface area contributed by atoms with E-state index >= 15 is 0 Å². The first-order valence-corrected chi connectivity index (χ1v) is 4.19. The van der Waals surface area contributed by atoms with Gasteiger partial charge in [0.2, 0.25) is 0 Å². The van der Waals surface area contributed by atoms with Gasteiger partial charge in [-0.1, -0.05) is 6.42 Å². The Hall–Kier alpha value is -1.25. The highest BCUT2D eigenvalue weighted by molar-refractivity contribution is 5.85. The summed E-state index contributed by atoms with van der Waals surface area (Å²) in [6, 6.07) is 3.52. The fourth-order valence-electron chi connectivity index (χ4n) is 1.49. The van der Waals surface area contributed by atoms with E-state index in [1.165, 1.54) is 19.3 Å². The number of carbonyl (C=O) groups is 1.